The first-order chi connectivity index (χ1) is 17.5. The molecule has 2 aromatic rings. The molecule has 1 aromatic carbocycles. The zero-order valence-corrected chi connectivity index (χ0v) is 19.7. The van der Waals surface area contributed by atoms with E-state index in [2.05, 4.69) is 10.4 Å². The fourth-order valence-electron chi connectivity index (χ4n) is 4.18. The average Bonchev–Trinajstić information content (AvgIpc) is 3.15. The van der Waals surface area contributed by atoms with Crippen LogP contribution in [0.2, 0.25) is 0 Å². The molecule has 0 radical (unpaired) electrons. The number of urea groups is 1. The predicted octanol–water partition coefficient (Wildman–Crippen LogP) is 0.755. The van der Waals surface area contributed by atoms with Crippen molar-refractivity contribution in [3.05, 3.63) is 46.3 Å². The lowest BCUT2D eigenvalue weighted by Gasteiger charge is -2.27. The van der Waals surface area contributed by atoms with Crippen molar-refractivity contribution in [2.75, 3.05) is 32.5 Å². The summed E-state index contributed by atoms with van der Waals surface area (Å²) in [4.78, 5) is 46.3. The lowest BCUT2D eigenvalue weighted by atomic mass is 10.0. The average molecular weight is 521 g/mol. The number of likely N-dealkylation sites (N-methyl/N-ethyl adjacent to an activating group) is 1. The second-order valence-electron chi connectivity index (χ2n) is 8.50. The van der Waals surface area contributed by atoms with Gasteiger partial charge in [-0.3, -0.25) is 19.1 Å². The molecule has 2 aliphatic rings. The van der Waals surface area contributed by atoms with Gasteiger partial charge in [0, 0.05) is 32.6 Å². The van der Waals surface area contributed by atoms with Gasteiger partial charge in [0.2, 0.25) is 6.36 Å². The molecule has 0 aliphatic carbocycles. The molecule has 2 aliphatic heterocycles. The number of carbonyl (C=O) groups excluding carboxylic acids is 3. The van der Waals surface area contributed by atoms with Crippen LogP contribution < -0.4 is 5.32 Å². The van der Waals surface area contributed by atoms with Gasteiger partial charge in [0.05, 0.1) is 31.0 Å². The molecule has 2 unspecified atom stereocenters. The van der Waals surface area contributed by atoms with Crippen LogP contribution >= 0.6 is 0 Å². The fraction of sp³-hybridized carbons (Fsp3) is 0.409. The van der Waals surface area contributed by atoms with Crippen molar-refractivity contribution in [2.45, 2.75) is 32.0 Å². The van der Waals surface area contributed by atoms with Crippen molar-refractivity contribution in [3.8, 4) is 6.07 Å². The monoisotopic (exact) mass is 521 g/mol. The predicted molar refractivity (Wildman–Crippen MR) is 118 cm³/mol. The van der Waals surface area contributed by atoms with Crippen molar-refractivity contribution in [1.29, 1.82) is 5.26 Å². The van der Waals surface area contributed by atoms with E-state index in [0.717, 1.165) is 22.1 Å². The number of alkyl halides is 1. The van der Waals surface area contributed by atoms with E-state index in [1.165, 1.54) is 29.7 Å². The lowest BCUT2D eigenvalue weighted by Crippen LogP contribution is -2.44. The minimum absolute atomic E-state index is 0.0817. The van der Waals surface area contributed by atoms with Gasteiger partial charge in [-0.2, -0.15) is 10.4 Å². The second kappa shape index (κ2) is 10.1. The molecule has 0 fully saturated rings. The first-order valence-corrected chi connectivity index (χ1v) is 11.1. The standard InChI is InChI=1S/C22H22F3N7O5/c1-29(10-17(24)33)20(34)16-9-32-19(21(35)30(2)37-16)12-8-31(6-5-14(12)28-32)22(36)27-15-4-3-13(23)11(7-26)18(15)25/h3-4,16-17,33H,5-6,8-10H2,1-2H3,(H,27,36). The molecule has 196 valence electrons. The number of hydrogen-bond donors (Lipinski definition) is 2. The van der Waals surface area contributed by atoms with Gasteiger partial charge in [0.25, 0.3) is 11.8 Å². The zero-order valence-electron chi connectivity index (χ0n) is 19.7. The molecule has 4 amide bonds. The zero-order chi connectivity index (χ0) is 27.0. The van der Waals surface area contributed by atoms with E-state index in [1.807, 2.05) is 0 Å². The summed E-state index contributed by atoms with van der Waals surface area (Å²) in [5.74, 6) is -3.58. The molecule has 12 nitrogen and oxygen atoms in total. The number of hydrogen-bond acceptors (Lipinski definition) is 7. The quantitative estimate of drug-likeness (QED) is 0.604. The third-order valence-electron chi connectivity index (χ3n) is 6.02. The van der Waals surface area contributed by atoms with E-state index in [4.69, 9.17) is 15.2 Å². The van der Waals surface area contributed by atoms with Crippen LogP contribution in [0.15, 0.2) is 12.1 Å². The van der Waals surface area contributed by atoms with Crippen LogP contribution in [0.1, 0.15) is 27.3 Å². The summed E-state index contributed by atoms with van der Waals surface area (Å²) in [5.41, 5.74) is -0.208. The Bertz CT molecular complexity index is 1310. The van der Waals surface area contributed by atoms with Gasteiger partial charge in [0.15, 0.2) is 11.9 Å². The van der Waals surface area contributed by atoms with Gasteiger partial charge in [0.1, 0.15) is 23.1 Å². The molecule has 3 heterocycles. The maximum atomic E-state index is 14.4. The lowest BCUT2D eigenvalue weighted by molar-refractivity contribution is -0.177. The molecule has 37 heavy (non-hydrogen) atoms. The van der Waals surface area contributed by atoms with E-state index in [9.17, 15) is 27.6 Å². The number of fused-ring (bicyclic) bond motifs is 3. The van der Waals surface area contributed by atoms with Crippen LogP contribution in [0.4, 0.5) is 23.7 Å². The Labute approximate surface area is 208 Å². The van der Waals surface area contributed by atoms with Crippen LogP contribution in [-0.4, -0.2) is 87.2 Å². The number of halogens is 3. The molecule has 4 rings (SSSR count). The van der Waals surface area contributed by atoms with Crippen LogP contribution in [-0.2, 0) is 29.1 Å². The van der Waals surface area contributed by atoms with Gasteiger partial charge < -0.3 is 20.2 Å². The van der Waals surface area contributed by atoms with E-state index >= 15 is 0 Å². The Hall–Kier alpha value is -4.16. The fourth-order valence-corrected chi connectivity index (χ4v) is 4.18. The van der Waals surface area contributed by atoms with Gasteiger partial charge in [-0.1, -0.05) is 0 Å². The highest BCUT2D eigenvalue weighted by Gasteiger charge is 2.38. The summed E-state index contributed by atoms with van der Waals surface area (Å²) in [5, 5.41) is 25.4. The topological polar surface area (TPSA) is 144 Å². The maximum Gasteiger partial charge on any atom is 0.322 e. The van der Waals surface area contributed by atoms with Crippen LogP contribution in [0.25, 0.3) is 0 Å². The molecule has 15 heteroatoms. The highest BCUT2D eigenvalue weighted by molar-refractivity contribution is 5.95. The summed E-state index contributed by atoms with van der Waals surface area (Å²) in [6.07, 6.45) is -3.25. The number of aromatic nitrogens is 2. The van der Waals surface area contributed by atoms with Crippen molar-refractivity contribution in [2.24, 2.45) is 0 Å². The number of rotatable bonds is 4. The highest BCUT2D eigenvalue weighted by atomic mass is 19.1. The molecule has 0 bridgehead atoms. The van der Waals surface area contributed by atoms with Crippen molar-refractivity contribution in [1.82, 2.24) is 24.6 Å². The molecule has 0 saturated carbocycles. The van der Waals surface area contributed by atoms with Crippen LogP contribution in [0.5, 0.6) is 0 Å². The number of nitriles is 1. The summed E-state index contributed by atoms with van der Waals surface area (Å²) < 4.78 is 42.3. The first-order valence-electron chi connectivity index (χ1n) is 11.1. The van der Waals surface area contributed by atoms with Crippen molar-refractivity contribution < 1.29 is 37.5 Å². The molecule has 2 N–H and O–H groups in total. The van der Waals surface area contributed by atoms with E-state index in [-0.39, 0.29) is 37.4 Å². The molecular weight excluding hydrogens is 499 g/mol. The number of nitrogens with one attached hydrogen (secondary N) is 1. The van der Waals surface area contributed by atoms with Crippen LogP contribution in [0.3, 0.4) is 0 Å². The molecular formula is C22H22F3N7O5. The van der Waals surface area contributed by atoms with Crippen molar-refractivity contribution >= 4 is 23.5 Å². The Morgan fingerprint density at radius 1 is 1.41 bits per heavy atom. The summed E-state index contributed by atoms with van der Waals surface area (Å²) in [7, 11) is 2.56. The number of aliphatic hydroxyl groups is 1. The van der Waals surface area contributed by atoms with E-state index in [1.54, 1.807) is 0 Å². The summed E-state index contributed by atoms with van der Waals surface area (Å²) >= 11 is 0. The Balaban J connectivity index is 1.56. The molecule has 0 saturated heterocycles. The summed E-state index contributed by atoms with van der Waals surface area (Å²) in [6.45, 7) is -0.707. The third-order valence-corrected chi connectivity index (χ3v) is 6.02. The number of carbonyl (C=O) groups is 3. The first kappa shape index (κ1) is 25.9. The molecule has 1 aromatic heterocycles. The number of aliphatic hydroxyl groups excluding tert-OH is 1. The highest BCUT2D eigenvalue weighted by Crippen LogP contribution is 2.27. The molecule has 2 atom stereocenters. The minimum Gasteiger partial charge on any atom is -0.363 e. The smallest absolute Gasteiger partial charge is 0.322 e. The number of nitrogens with zero attached hydrogens (tertiary/aromatic N) is 6. The number of amides is 4. The number of benzene rings is 1. The number of anilines is 1. The molecule has 0 spiro atoms. The van der Waals surface area contributed by atoms with Crippen LogP contribution in [0, 0.1) is 23.0 Å². The number of hydroxylamine groups is 2. The largest absolute Gasteiger partial charge is 0.363 e. The van der Waals surface area contributed by atoms with Gasteiger partial charge in [-0.15, -0.1) is 0 Å². The Kier molecular flexibility index (Phi) is 7.05. The van der Waals surface area contributed by atoms with E-state index in [0.29, 0.717) is 11.3 Å². The Morgan fingerprint density at radius 2 is 2.14 bits per heavy atom. The van der Waals surface area contributed by atoms with Crippen molar-refractivity contribution in [3.63, 3.8) is 0 Å². The SMILES string of the molecule is CN(CC(O)F)C(=O)C1Cn2nc3c(c2C(=O)N(C)O1)CN(C(=O)Nc1ccc(F)c(C#N)c1F)CC3. The van der Waals surface area contributed by atoms with Gasteiger partial charge in [-0.05, 0) is 12.1 Å². The maximum absolute atomic E-state index is 14.4. The summed E-state index contributed by atoms with van der Waals surface area (Å²) in [6, 6.07) is 2.52. The van der Waals surface area contributed by atoms with E-state index < -0.39 is 54.0 Å². The third kappa shape index (κ3) is 4.93. The van der Waals surface area contributed by atoms with Gasteiger partial charge in [-0.25, -0.2) is 23.0 Å². The minimum atomic E-state index is -2.25. The second-order valence-corrected chi connectivity index (χ2v) is 8.50. The Morgan fingerprint density at radius 3 is 2.81 bits per heavy atom. The van der Waals surface area contributed by atoms with Gasteiger partial charge >= 0.3 is 6.03 Å². The normalized spacial score (nSPS) is 17.9.